The molecule has 25 heavy (non-hydrogen) atoms. The molecule has 0 heterocycles. The van der Waals surface area contributed by atoms with Gasteiger partial charge in [-0.25, -0.2) is 4.79 Å². The topological polar surface area (TPSA) is 46.5 Å². The fourth-order valence-corrected chi connectivity index (χ4v) is 3.24. The van der Waals surface area contributed by atoms with Crippen molar-refractivity contribution >= 4 is 22.3 Å². The van der Waals surface area contributed by atoms with E-state index < -0.39 is 0 Å². The van der Waals surface area contributed by atoms with Gasteiger partial charge in [-0.1, -0.05) is 45.4 Å². The maximum Gasteiger partial charge on any atom is 0.334 e. The van der Waals surface area contributed by atoms with Crippen LogP contribution in [0.3, 0.4) is 0 Å². The van der Waals surface area contributed by atoms with Gasteiger partial charge in [0, 0.05) is 5.57 Å². The monoisotopic (exact) mass is 340 g/mol. The maximum atomic E-state index is 12.4. The number of carbonyl (C=O) groups excluding carboxylic acids is 1. The van der Waals surface area contributed by atoms with Gasteiger partial charge in [-0.3, -0.25) is 0 Å². The number of rotatable bonds is 7. The van der Waals surface area contributed by atoms with Crippen LogP contribution in [-0.2, 0) is 16.0 Å². The molecule has 0 aliphatic carbocycles. The number of carbonyl (C=O) groups is 1. The van der Waals surface area contributed by atoms with Crippen molar-refractivity contribution in [2.75, 3.05) is 6.61 Å². The van der Waals surface area contributed by atoms with Crippen molar-refractivity contribution in [1.29, 1.82) is 0 Å². The van der Waals surface area contributed by atoms with Crippen LogP contribution >= 0.6 is 0 Å². The van der Waals surface area contributed by atoms with Crippen LogP contribution in [0.4, 0.5) is 0 Å². The molecule has 2 aromatic rings. The summed E-state index contributed by atoms with van der Waals surface area (Å²) in [5, 5.41) is 11.8. The number of ether oxygens (including phenoxy) is 1. The SMILES string of the molecule is CCCCOC(=O)/C(C)=C(/CC)c1ccc2cc(O)ccc2c1CC. The van der Waals surface area contributed by atoms with E-state index in [1.54, 1.807) is 12.1 Å². The molecule has 0 bridgehead atoms. The van der Waals surface area contributed by atoms with E-state index in [1.165, 1.54) is 5.56 Å². The summed E-state index contributed by atoms with van der Waals surface area (Å²) in [4.78, 5) is 12.4. The number of unbranched alkanes of at least 4 members (excludes halogenated alkanes) is 1. The second kappa shape index (κ2) is 8.70. The van der Waals surface area contributed by atoms with Crippen LogP contribution in [0.15, 0.2) is 35.9 Å². The molecule has 0 aromatic heterocycles. The van der Waals surface area contributed by atoms with Crippen molar-refractivity contribution < 1.29 is 14.6 Å². The minimum absolute atomic E-state index is 0.224. The van der Waals surface area contributed by atoms with Crippen LogP contribution in [-0.4, -0.2) is 17.7 Å². The van der Waals surface area contributed by atoms with Crippen molar-refractivity contribution in [2.45, 2.75) is 53.4 Å². The summed E-state index contributed by atoms with van der Waals surface area (Å²) in [5.74, 6) is 0.0439. The molecule has 0 fully saturated rings. The third-order valence-corrected chi connectivity index (χ3v) is 4.64. The molecule has 0 amide bonds. The maximum absolute atomic E-state index is 12.4. The molecule has 0 saturated carbocycles. The number of fused-ring (bicyclic) bond motifs is 1. The van der Waals surface area contributed by atoms with Gasteiger partial charge < -0.3 is 9.84 Å². The lowest BCUT2D eigenvalue weighted by atomic mass is 9.89. The Morgan fingerprint density at radius 3 is 2.52 bits per heavy atom. The molecule has 0 unspecified atom stereocenters. The Balaban J connectivity index is 2.51. The fourth-order valence-electron chi connectivity index (χ4n) is 3.24. The van der Waals surface area contributed by atoms with E-state index >= 15 is 0 Å². The van der Waals surface area contributed by atoms with E-state index in [1.807, 2.05) is 19.1 Å². The van der Waals surface area contributed by atoms with E-state index in [2.05, 4.69) is 26.8 Å². The highest BCUT2D eigenvalue weighted by Gasteiger charge is 2.16. The van der Waals surface area contributed by atoms with Gasteiger partial charge >= 0.3 is 5.97 Å². The average Bonchev–Trinajstić information content (AvgIpc) is 2.61. The Bertz CT molecular complexity index is 787. The summed E-state index contributed by atoms with van der Waals surface area (Å²) < 4.78 is 5.40. The molecule has 3 heteroatoms. The zero-order valence-corrected chi connectivity index (χ0v) is 15.7. The first-order valence-electron chi connectivity index (χ1n) is 9.15. The number of aromatic hydroxyl groups is 1. The first kappa shape index (κ1) is 19.0. The number of benzene rings is 2. The van der Waals surface area contributed by atoms with E-state index in [9.17, 15) is 9.90 Å². The largest absolute Gasteiger partial charge is 0.508 e. The molecular weight excluding hydrogens is 312 g/mol. The number of hydrogen-bond acceptors (Lipinski definition) is 3. The van der Waals surface area contributed by atoms with Crippen molar-refractivity contribution in [3.05, 3.63) is 47.0 Å². The second-order valence-corrected chi connectivity index (χ2v) is 6.30. The van der Waals surface area contributed by atoms with Gasteiger partial charge in [0.05, 0.1) is 6.61 Å². The summed E-state index contributed by atoms with van der Waals surface area (Å²) in [7, 11) is 0. The first-order chi connectivity index (χ1) is 12.0. The Kier molecular flexibility index (Phi) is 6.63. The number of aryl methyl sites for hydroxylation is 1. The van der Waals surface area contributed by atoms with Gasteiger partial charge in [0.25, 0.3) is 0 Å². The highest BCUT2D eigenvalue weighted by molar-refractivity contribution is 5.99. The first-order valence-corrected chi connectivity index (χ1v) is 9.15. The minimum atomic E-state index is -0.224. The summed E-state index contributed by atoms with van der Waals surface area (Å²) in [6, 6.07) is 9.51. The Labute approximate surface area is 150 Å². The quantitative estimate of drug-likeness (QED) is 0.403. The predicted molar refractivity (Wildman–Crippen MR) is 104 cm³/mol. The van der Waals surface area contributed by atoms with Crippen LogP contribution < -0.4 is 0 Å². The predicted octanol–water partition coefficient (Wildman–Crippen LogP) is 5.63. The lowest BCUT2D eigenvalue weighted by molar-refractivity contribution is -0.139. The Hall–Kier alpha value is -2.29. The van der Waals surface area contributed by atoms with E-state index in [4.69, 9.17) is 4.74 Å². The molecule has 134 valence electrons. The van der Waals surface area contributed by atoms with Gasteiger partial charge in [0.15, 0.2) is 0 Å². The number of esters is 1. The van der Waals surface area contributed by atoms with Crippen LogP contribution in [0, 0.1) is 0 Å². The summed E-state index contributed by atoms with van der Waals surface area (Å²) in [6.07, 6.45) is 3.53. The molecular formula is C22H28O3. The molecule has 2 rings (SSSR count). The summed E-state index contributed by atoms with van der Waals surface area (Å²) in [5.41, 5.74) is 4.03. The summed E-state index contributed by atoms with van der Waals surface area (Å²) >= 11 is 0. The highest BCUT2D eigenvalue weighted by Crippen LogP contribution is 2.33. The third-order valence-electron chi connectivity index (χ3n) is 4.64. The number of phenols is 1. The lowest BCUT2D eigenvalue weighted by Gasteiger charge is -2.16. The highest BCUT2D eigenvalue weighted by atomic mass is 16.5. The molecule has 0 atom stereocenters. The van der Waals surface area contributed by atoms with Gasteiger partial charge in [-0.2, -0.15) is 0 Å². The molecule has 2 aromatic carbocycles. The van der Waals surface area contributed by atoms with Crippen LogP contribution in [0.1, 0.15) is 58.1 Å². The normalized spacial score (nSPS) is 12.2. The van der Waals surface area contributed by atoms with Crippen LogP contribution in [0.2, 0.25) is 0 Å². The van der Waals surface area contributed by atoms with Crippen molar-refractivity contribution in [1.82, 2.24) is 0 Å². The molecule has 0 saturated heterocycles. The average molecular weight is 340 g/mol. The second-order valence-electron chi connectivity index (χ2n) is 6.30. The number of phenolic OH excluding ortho intramolecular Hbond substituents is 1. The zero-order chi connectivity index (χ0) is 18.4. The van der Waals surface area contributed by atoms with Crippen LogP contribution in [0.25, 0.3) is 16.3 Å². The van der Waals surface area contributed by atoms with E-state index in [-0.39, 0.29) is 11.7 Å². The fraction of sp³-hybridized carbons (Fsp3) is 0.409. The lowest BCUT2D eigenvalue weighted by Crippen LogP contribution is -2.09. The smallest absolute Gasteiger partial charge is 0.334 e. The standard InChI is InChI=1S/C22H28O3/c1-5-8-13-25-22(24)15(4)18(6-2)21-11-9-16-14-17(23)10-12-20(16)19(21)7-3/h9-12,14,23H,5-8,13H2,1-4H3/b18-15-. The molecule has 0 aliphatic heterocycles. The Morgan fingerprint density at radius 2 is 1.88 bits per heavy atom. The molecule has 0 radical (unpaired) electrons. The van der Waals surface area contributed by atoms with Gasteiger partial charge in [0.2, 0.25) is 0 Å². The van der Waals surface area contributed by atoms with Gasteiger partial charge in [-0.15, -0.1) is 0 Å². The Morgan fingerprint density at radius 1 is 1.12 bits per heavy atom. The van der Waals surface area contributed by atoms with Crippen LogP contribution in [0.5, 0.6) is 5.75 Å². The van der Waals surface area contributed by atoms with Crippen molar-refractivity contribution in [3.8, 4) is 5.75 Å². The third kappa shape index (κ3) is 4.22. The molecule has 0 aliphatic rings. The summed E-state index contributed by atoms with van der Waals surface area (Å²) in [6.45, 7) is 8.59. The van der Waals surface area contributed by atoms with Crippen molar-refractivity contribution in [3.63, 3.8) is 0 Å². The zero-order valence-electron chi connectivity index (χ0n) is 15.7. The number of allylic oxidation sites excluding steroid dienone is 1. The number of hydrogen-bond donors (Lipinski definition) is 1. The molecule has 3 nitrogen and oxygen atoms in total. The van der Waals surface area contributed by atoms with Gasteiger partial charge in [0.1, 0.15) is 5.75 Å². The van der Waals surface area contributed by atoms with E-state index in [0.717, 1.165) is 47.6 Å². The molecule has 0 spiro atoms. The van der Waals surface area contributed by atoms with E-state index in [0.29, 0.717) is 12.2 Å². The van der Waals surface area contributed by atoms with Gasteiger partial charge in [-0.05, 0) is 65.8 Å². The minimum Gasteiger partial charge on any atom is -0.508 e. The molecule has 1 N–H and O–H groups in total. The van der Waals surface area contributed by atoms with Crippen molar-refractivity contribution in [2.24, 2.45) is 0 Å².